The van der Waals surface area contributed by atoms with Crippen LogP contribution in [0.1, 0.15) is 0 Å². The molecule has 3 nitrogen and oxygen atoms in total. The summed E-state index contributed by atoms with van der Waals surface area (Å²) >= 11 is 7.59. The van der Waals surface area contributed by atoms with Crippen molar-refractivity contribution >= 4 is 44.7 Å². The minimum atomic E-state index is 0.488. The summed E-state index contributed by atoms with van der Waals surface area (Å²) < 4.78 is 6.08. The van der Waals surface area contributed by atoms with Crippen LogP contribution in [-0.2, 0) is 0 Å². The van der Waals surface area contributed by atoms with Crippen molar-refractivity contribution in [3.05, 3.63) is 83.2 Å². The molecule has 0 aliphatic rings. The highest BCUT2D eigenvalue weighted by atomic mass is 35.5. The molecule has 0 saturated heterocycles. The third-order valence-corrected chi connectivity index (χ3v) is 5.41. The van der Waals surface area contributed by atoms with Gasteiger partial charge >= 0.3 is 0 Å². The van der Waals surface area contributed by atoms with E-state index in [1.54, 1.807) is 23.5 Å². The van der Waals surface area contributed by atoms with E-state index in [0.717, 1.165) is 32.4 Å². The molecular weight excluding hydrogens is 376 g/mol. The van der Waals surface area contributed by atoms with Crippen molar-refractivity contribution in [2.75, 3.05) is 0 Å². The van der Waals surface area contributed by atoms with Gasteiger partial charge in [0, 0.05) is 5.02 Å². The van der Waals surface area contributed by atoms with Gasteiger partial charge in [0.2, 0.25) is 5.88 Å². The van der Waals surface area contributed by atoms with Crippen LogP contribution >= 0.6 is 22.9 Å². The maximum absolute atomic E-state index is 6.08. The molecule has 0 aliphatic carbocycles. The van der Waals surface area contributed by atoms with Crippen LogP contribution in [0.4, 0.5) is 0 Å². The molecule has 0 radical (unpaired) electrons. The van der Waals surface area contributed by atoms with E-state index in [0.29, 0.717) is 16.7 Å². The van der Waals surface area contributed by atoms with Crippen molar-refractivity contribution in [3.63, 3.8) is 0 Å². The number of rotatable bonds is 3. The molecule has 0 N–H and O–H groups in total. The molecule has 3 aromatic carbocycles. The van der Waals surface area contributed by atoms with E-state index in [1.165, 1.54) is 0 Å². The second kappa shape index (κ2) is 6.65. The van der Waals surface area contributed by atoms with Crippen LogP contribution in [0.5, 0.6) is 11.6 Å². The fourth-order valence-electron chi connectivity index (χ4n) is 2.99. The van der Waals surface area contributed by atoms with Crippen LogP contribution < -0.4 is 4.74 Å². The number of ether oxygens (including phenoxy) is 1. The van der Waals surface area contributed by atoms with E-state index in [2.05, 4.69) is 18.2 Å². The number of nitrogens with zero attached hydrogens (tertiary/aromatic N) is 2. The van der Waals surface area contributed by atoms with E-state index in [9.17, 15) is 0 Å². The lowest BCUT2D eigenvalue weighted by molar-refractivity contribution is 0.465. The minimum absolute atomic E-state index is 0.488. The predicted molar refractivity (Wildman–Crippen MR) is 112 cm³/mol. The summed E-state index contributed by atoms with van der Waals surface area (Å²) in [6.07, 6.45) is 0. The lowest BCUT2D eigenvalue weighted by Gasteiger charge is -2.11. The normalized spacial score (nSPS) is 11.1. The molecule has 0 saturated carbocycles. The maximum Gasteiger partial charge on any atom is 0.247 e. The average Bonchev–Trinajstić information content (AvgIpc) is 3.22. The van der Waals surface area contributed by atoms with Gasteiger partial charge in [-0.1, -0.05) is 41.9 Å². The fraction of sp³-hybridized carbons (Fsp3) is 0. The van der Waals surface area contributed by atoms with Crippen molar-refractivity contribution in [2.24, 2.45) is 0 Å². The number of aromatic nitrogens is 2. The molecule has 27 heavy (non-hydrogen) atoms. The Bertz CT molecular complexity index is 1250. The van der Waals surface area contributed by atoms with Gasteiger partial charge in [-0.15, -0.1) is 11.3 Å². The van der Waals surface area contributed by atoms with Gasteiger partial charge in [0.05, 0.1) is 15.9 Å². The number of benzene rings is 3. The topological polar surface area (TPSA) is 35.0 Å². The monoisotopic (exact) mass is 388 g/mol. The van der Waals surface area contributed by atoms with Gasteiger partial charge in [-0.2, -0.15) is 0 Å². The van der Waals surface area contributed by atoms with Gasteiger partial charge in [0.15, 0.2) is 0 Å². The third-order valence-electron chi connectivity index (χ3n) is 4.28. The second-order valence-corrected chi connectivity index (χ2v) is 7.48. The first-order chi connectivity index (χ1) is 13.3. The quantitative estimate of drug-likeness (QED) is 0.313. The summed E-state index contributed by atoms with van der Waals surface area (Å²) in [5.41, 5.74) is 2.39. The summed E-state index contributed by atoms with van der Waals surface area (Å²) in [4.78, 5) is 10.7. The van der Waals surface area contributed by atoms with Gasteiger partial charge < -0.3 is 4.74 Å². The first kappa shape index (κ1) is 16.2. The largest absolute Gasteiger partial charge is 0.437 e. The van der Waals surface area contributed by atoms with Crippen molar-refractivity contribution in [1.29, 1.82) is 0 Å². The fourth-order valence-corrected chi connectivity index (χ4v) is 3.82. The number of hydrogen-bond acceptors (Lipinski definition) is 4. The SMILES string of the molecule is Clc1ccc(Oc2nc3cc4ccccc4cc3nc2-c2cccs2)cc1. The van der Waals surface area contributed by atoms with Gasteiger partial charge in [0.1, 0.15) is 11.4 Å². The zero-order chi connectivity index (χ0) is 18.2. The summed E-state index contributed by atoms with van der Waals surface area (Å²) in [5.74, 6) is 1.16. The molecule has 5 aromatic rings. The lowest BCUT2D eigenvalue weighted by Crippen LogP contribution is -1.96. The van der Waals surface area contributed by atoms with Crippen LogP contribution in [0.3, 0.4) is 0 Å². The van der Waals surface area contributed by atoms with Crippen molar-refractivity contribution in [1.82, 2.24) is 9.97 Å². The zero-order valence-corrected chi connectivity index (χ0v) is 15.7. The molecule has 0 amide bonds. The van der Waals surface area contributed by atoms with Crippen molar-refractivity contribution in [2.45, 2.75) is 0 Å². The summed E-state index contributed by atoms with van der Waals surface area (Å²) in [5, 5.41) is 4.95. The number of hydrogen-bond donors (Lipinski definition) is 0. The molecule has 2 aromatic heterocycles. The highest BCUT2D eigenvalue weighted by Gasteiger charge is 2.15. The average molecular weight is 389 g/mol. The highest BCUT2D eigenvalue weighted by Crippen LogP contribution is 2.35. The summed E-state index contributed by atoms with van der Waals surface area (Å²) in [7, 11) is 0. The van der Waals surface area contributed by atoms with Gasteiger partial charge in [-0.05, 0) is 58.6 Å². The van der Waals surface area contributed by atoms with E-state index in [4.69, 9.17) is 26.3 Å². The second-order valence-electron chi connectivity index (χ2n) is 6.10. The zero-order valence-electron chi connectivity index (χ0n) is 14.1. The Morgan fingerprint density at radius 3 is 2.15 bits per heavy atom. The van der Waals surface area contributed by atoms with Crippen LogP contribution in [0, 0.1) is 0 Å². The van der Waals surface area contributed by atoms with Crippen LogP contribution in [0.15, 0.2) is 78.2 Å². The molecule has 5 rings (SSSR count). The van der Waals surface area contributed by atoms with Crippen molar-refractivity contribution in [3.8, 4) is 22.2 Å². The van der Waals surface area contributed by atoms with Gasteiger partial charge in [-0.25, -0.2) is 9.97 Å². The molecule has 0 fully saturated rings. The molecular formula is C22H13ClN2OS. The third kappa shape index (κ3) is 3.14. The highest BCUT2D eigenvalue weighted by molar-refractivity contribution is 7.13. The summed E-state index contributed by atoms with van der Waals surface area (Å²) in [6.45, 7) is 0. The van der Waals surface area contributed by atoms with E-state index in [-0.39, 0.29) is 0 Å². The van der Waals surface area contributed by atoms with E-state index >= 15 is 0 Å². The minimum Gasteiger partial charge on any atom is -0.437 e. The molecule has 0 unspecified atom stereocenters. The number of thiophene rings is 1. The van der Waals surface area contributed by atoms with E-state index in [1.807, 2.05) is 47.8 Å². The van der Waals surface area contributed by atoms with Gasteiger partial charge in [0.25, 0.3) is 0 Å². The molecule has 0 spiro atoms. The van der Waals surface area contributed by atoms with Gasteiger partial charge in [-0.3, -0.25) is 0 Å². The standard InChI is InChI=1S/C22H13ClN2OS/c23-16-7-9-17(10-8-16)26-22-21(20-6-3-11-27-20)24-18-12-14-4-1-2-5-15(14)13-19(18)25-22/h1-13H. The Labute approximate surface area is 164 Å². The van der Waals surface area contributed by atoms with Crippen LogP contribution in [0.25, 0.3) is 32.4 Å². The Morgan fingerprint density at radius 2 is 1.48 bits per heavy atom. The van der Waals surface area contributed by atoms with Crippen LogP contribution in [0.2, 0.25) is 5.02 Å². The maximum atomic E-state index is 6.08. The Hall–Kier alpha value is -2.95. The molecule has 2 heterocycles. The van der Waals surface area contributed by atoms with Crippen LogP contribution in [-0.4, -0.2) is 9.97 Å². The van der Waals surface area contributed by atoms with Crippen molar-refractivity contribution < 1.29 is 4.74 Å². The summed E-state index contributed by atoms with van der Waals surface area (Å²) in [6, 6.07) is 23.6. The Balaban J connectivity index is 1.71. The molecule has 0 atom stereocenters. The molecule has 130 valence electrons. The predicted octanol–water partition coefficient (Wildman–Crippen LogP) is 6.96. The molecule has 0 bridgehead atoms. The number of halogens is 1. The molecule has 0 aliphatic heterocycles. The van der Waals surface area contributed by atoms with E-state index < -0.39 is 0 Å². The lowest BCUT2D eigenvalue weighted by atomic mass is 10.1. The first-order valence-electron chi connectivity index (χ1n) is 8.44. The molecule has 5 heteroatoms. The smallest absolute Gasteiger partial charge is 0.247 e. The first-order valence-corrected chi connectivity index (χ1v) is 9.70. The Morgan fingerprint density at radius 1 is 0.778 bits per heavy atom. The number of fused-ring (bicyclic) bond motifs is 2. The Kier molecular flexibility index (Phi) is 4.00.